The molecule has 0 atom stereocenters. The molecule has 2 aromatic rings. The zero-order chi connectivity index (χ0) is 21.6. The van der Waals surface area contributed by atoms with E-state index >= 15 is 0 Å². The molecular formula is C23H34N4O3. The lowest BCUT2D eigenvalue weighted by Gasteiger charge is -2.15. The minimum Gasteiger partial charge on any atom is -0.491 e. The number of aryl methyl sites for hydroxylation is 2. The number of hydrogen-bond acceptors (Lipinski definition) is 4. The van der Waals surface area contributed by atoms with E-state index in [1.165, 1.54) is 0 Å². The van der Waals surface area contributed by atoms with Gasteiger partial charge in [0.2, 0.25) is 5.56 Å². The highest BCUT2D eigenvalue weighted by atomic mass is 16.5. The van der Waals surface area contributed by atoms with Crippen LogP contribution in [0.4, 0.5) is 0 Å². The molecule has 0 amide bonds. The first-order valence-corrected chi connectivity index (χ1v) is 10.5. The van der Waals surface area contributed by atoms with Gasteiger partial charge in [-0.05, 0) is 44.4 Å². The minimum atomic E-state index is 0.0420. The summed E-state index contributed by atoms with van der Waals surface area (Å²) in [6, 6.07) is 11.4. The summed E-state index contributed by atoms with van der Waals surface area (Å²) in [5.74, 6) is 1.61. The summed E-state index contributed by atoms with van der Waals surface area (Å²) >= 11 is 0. The van der Waals surface area contributed by atoms with Gasteiger partial charge in [0.25, 0.3) is 0 Å². The van der Waals surface area contributed by atoms with Crippen molar-refractivity contribution in [2.24, 2.45) is 4.99 Å². The van der Waals surface area contributed by atoms with Gasteiger partial charge in [0.05, 0.1) is 6.61 Å². The van der Waals surface area contributed by atoms with Crippen molar-refractivity contribution in [1.29, 1.82) is 0 Å². The van der Waals surface area contributed by atoms with Gasteiger partial charge >= 0.3 is 0 Å². The molecule has 0 spiro atoms. The van der Waals surface area contributed by atoms with Gasteiger partial charge in [-0.25, -0.2) is 0 Å². The number of hydrogen-bond donors (Lipinski definition) is 2. The highest BCUT2D eigenvalue weighted by Crippen LogP contribution is 2.20. The SMILES string of the molecule is CCOCCOc1cc(C)ccc1CNC(=NC)NCCCCn1ccccc1=O. The number of aromatic nitrogens is 1. The third-order valence-corrected chi connectivity index (χ3v) is 4.60. The maximum atomic E-state index is 11.7. The van der Waals surface area contributed by atoms with E-state index < -0.39 is 0 Å². The molecule has 0 aliphatic rings. The number of benzene rings is 1. The van der Waals surface area contributed by atoms with Crippen molar-refractivity contribution < 1.29 is 9.47 Å². The van der Waals surface area contributed by atoms with E-state index in [1.807, 2.05) is 25.3 Å². The van der Waals surface area contributed by atoms with Crippen LogP contribution in [-0.4, -0.2) is 43.9 Å². The van der Waals surface area contributed by atoms with Crippen molar-refractivity contribution in [1.82, 2.24) is 15.2 Å². The second-order valence-corrected chi connectivity index (χ2v) is 6.95. The Morgan fingerprint density at radius 3 is 2.77 bits per heavy atom. The molecule has 30 heavy (non-hydrogen) atoms. The van der Waals surface area contributed by atoms with E-state index in [9.17, 15) is 4.79 Å². The number of nitrogens with one attached hydrogen (secondary N) is 2. The minimum absolute atomic E-state index is 0.0420. The van der Waals surface area contributed by atoms with Crippen LogP contribution in [0.1, 0.15) is 30.9 Å². The molecule has 164 valence electrons. The van der Waals surface area contributed by atoms with Crippen molar-refractivity contribution >= 4 is 5.96 Å². The van der Waals surface area contributed by atoms with Crippen LogP contribution in [0.2, 0.25) is 0 Å². The van der Waals surface area contributed by atoms with Crippen molar-refractivity contribution in [3.8, 4) is 5.75 Å². The Balaban J connectivity index is 1.75. The summed E-state index contributed by atoms with van der Waals surface area (Å²) in [5, 5.41) is 6.66. The average Bonchev–Trinajstić information content (AvgIpc) is 2.75. The molecule has 7 nitrogen and oxygen atoms in total. The third kappa shape index (κ3) is 8.29. The fourth-order valence-electron chi connectivity index (χ4n) is 2.96. The summed E-state index contributed by atoms with van der Waals surface area (Å²) < 4.78 is 13.0. The van der Waals surface area contributed by atoms with Crippen LogP contribution in [0, 0.1) is 6.92 Å². The quantitative estimate of drug-likeness (QED) is 0.317. The summed E-state index contributed by atoms with van der Waals surface area (Å²) in [5.41, 5.74) is 2.27. The van der Waals surface area contributed by atoms with Gasteiger partial charge in [0, 0.05) is 51.1 Å². The van der Waals surface area contributed by atoms with Gasteiger partial charge in [-0.2, -0.15) is 0 Å². The van der Waals surface area contributed by atoms with Crippen LogP contribution in [0.15, 0.2) is 52.4 Å². The molecule has 1 aromatic carbocycles. The number of nitrogens with zero attached hydrogens (tertiary/aromatic N) is 2. The van der Waals surface area contributed by atoms with Gasteiger partial charge in [0.15, 0.2) is 5.96 Å². The second kappa shape index (κ2) is 13.4. The van der Waals surface area contributed by atoms with Gasteiger partial charge in [-0.1, -0.05) is 18.2 Å². The Kier molecular flexibility index (Phi) is 10.5. The van der Waals surface area contributed by atoms with Crippen LogP contribution >= 0.6 is 0 Å². The molecule has 0 saturated heterocycles. The summed E-state index contributed by atoms with van der Waals surface area (Å²) in [7, 11) is 1.76. The van der Waals surface area contributed by atoms with E-state index in [-0.39, 0.29) is 5.56 Å². The van der Waals surface area contributed by atoms with E-state index in [2.05, 4.69) is 34.7 Å². The first-order valence-electron chi connectivity index (χ1n) is 10.5. The molecule has 0 radical (unpaired) electrons. The lowest BCUT2D eigenvalue weighted by molar-refractivity contribution is 0.110. The summed E-state index contributed by atoms with van der Waals surface area (Å²) in [4.78, 5) is 16.0. The molecule has 0 fully saturated rings. The number of ether oxygens (including phenoxy) is 2. The largest absolute Gasteiger partial charge is 0.491 e. The Bertz CT molecular complexity index is 848. The third-order valence-electron chi connectivity index (χ3n) is 4.60. The molecule has 0 aliphatic heterocycles. The Hall–Kier alpha value is -2.80. The first-order chi connectivity index (χ1) is 14.6. The monoisotopic (exact) mass is 414 g/mol. The predicted molar refractivity (Wildman–Crippen MR) is 121 cm³/mol. The zero-order valence-corrected chi connectivity index (χ0v) is 18.3. The van der Waals surface area contributed by atoms with Gasteiger partial charge in [0.1, 0.15) is 12.4 Å². The van der Waals surface area contributed by atoms with Crippen LogP contribution in [0.3, 0.4) is 0 Å². The van der Waals surface area contributed by atoms with Crippen LogP contribution < -0.4 is 20.9 Å². The zero-order valence-electron chi connectivity index (χ0n) is 18.3. The maximum Gasteiger partial charge on any atom is 0.250 e. The van der Waals surface area contributed by atoms with Gasteiger partial charge < -0.3 is 24.7 Å². The van der Waals surface area contributed by atoms with Gasteiger partial charge in [-0.15, -0.1) is 0 Å². The average molecular weight is 415 g/mol. The molecule has 2 N–H and O–H groups in total. The fraction of sp³-hybridized carbons (Fsp3) is 0.478. The lowest BCUT2D eigenvalue weighted by Crippen LogP contribution is -2.37. The number of guanidine groups is 1. The fourth-order valence-corrected chi connectivity index (χ4v) is 2.96. The van der Waals surface area contributed by atoms with E-state index in [0.29, 0.717) is 26.4 Å². The number of aliphatic imine (C=N–C) groups is 1. The molecule has 0 saturated carbocycles. The maximum absolute atomic E-state index is 11.7. The van der Waals surface area contributed by atoms with E-state index in [1.54, 1.807) is 23.7 Å². The van der Waals surface area contributed by atoms with Crippen LogP contribution in [0.5, 0.6) is 5.75 Å². The van der Waals surface area contributed by atoms with Crippen LogP contribution in [0.25, 0.3) is 0 Å². The topological polar surface area (TPSA) is 76.9 Å². The summed E-state index contributed by atoms with van der Waals surface area (Å²) in [6.07, 6.45) is 3.69. The predicted octanol–water partition coefficient (Wildman–Crippen LogP) is 2.72. The Labute approximate surface area is 179 Å². The molecule has 0 bridgehead atoms. The van der Waals surface area contributed by atoms with E-state index in [0.717, 1.165) is 48.8 Å². The van der Waals surface area contributed by atoms with Crippen molar-refractivity contribution in [3.63, 3.8) is 0 Å². The van der Waals surface area contributed by atoms with Crippen molar-refractivity contribution in [3.05, 3.63) is 64.1 Å². The van der Waals surface area contributed by atoms with Crippen molar-refractivity contribution in [2.75, 3.05) is 33.4 Å². The Morgan fingerprint density at radius 2 is 2.00 bits per heavy atom. The number of pyridine rings is 1. The standard InChI is InChI=1S/C23H34N4O3/c1-4-29-15-16-30-21-17-19(2)10-11-20(21)18-26-23(24-3)25-12-6-8-14-27-13-7-5-9-22(27)28/h5,7,9-11,13,17H,4,6,8,12,14-16,18H2,1-3H3,(H2,24,25,26). The normalized spacial score (nSPS) is 11.4. The first kappa shape index (κ1) is 23.5. The molecule has 1 aromatic heterocycles. The molecule has 1 heterocycles. The van der Waals surface area contributed by atoms with Crippen LogP contribution in [-0.2, 0) is 17.8 Å². The lowest BCUT2D eigenvalue weighted by atomic mass is 10.1. The number of rotatable bonds is 12. The highest BCUT2D eigenvalue weighted by Gasteiger charge is 2.06. The second-order valence-electron chi connectivity index (χ2n) is 6.95. The van der Waals surface area contributed by atoms with E-state index in [4.69, 9.17) is 9.47 Å². The van der Waals surface area contributed by atoms with Gasteiger partial charge in [-0.3, -0.25) is 9.79 Å². The Morgan fingerprint density at radius 1 is 1.13 bits per heavy atom. The highest BCUT2D eigenvalue weighted by molar-refractivity contribution is 5.79. The smallest absolute Gasteiger partial charge is 0.250 e. The molecule has 0 unspecified atom stereocenters. The molecule has 0 aliphatic carbocycles. The van der Waals surface area contributed by atoms with Crippen molar-refractivity contribution in [2.45, 2.75) is 39.8 Å². The molecular weight excluding hydrogens is 380 g/mol. The molecule has 7 heteroatoms. The number of unbranched alkanes of at least 4 members (excludes halogenated alkanes) is 1. The summed E-state index contributed by atoms with van der Waals surface area (Å²) in [6.45, 7) is 7.95. The molecule has 2 rings (SSSR count).